The Labute approximate surface area is 122 Å². The van der Waals surface area contributed by atoms with Gasteiger partial charge in [-0.3, -0.25) is 4.79 Å². The van der Waals surface area contributed by atoms with Gasteiger partial charge >= 0.3 is 5.97 Å². The lowest BCUT2D eigenvalue weighted by Crippen LogP contribution is -2.48. The number of likely N-dealkylation sites (N-methyl/N-ethyl adjacent to an activating group) is 1. The number of carbonyl (C=O) groups is 2. The van der Waals surface area contributed by atoms with Gasteiger partial charge in [-0.1, -0.05) is 0 Å². The molecule has 2 N–H and O–H groups in total. The lowest BCUT2D eigenvalue weighted by Gasteiger charge is -2.32. The Morgan fingerprint density at radius 1 is 1.45 bits per heavy atom. The molecule has 0 aromatic carbocycles. The number of hydrogen-bond donors (Lipinski definition) is 2. The van der Waals surface area contributed by atoms with Crippen LogP contribution in [0.25, 0.3) is 6.08 Å². The van der Waals surface area contributed by atoms with Crippen molar-refractivity contribution in [2.45, 2.75) is 19.4 Å². The number of nitrogens with zero attached hydrogens (tertiary/aromatic N) is 1. The Kier molecular flexibility index (Phi) is 5.47. The largest absolute Gasteiger partial charge is 0.478 e. The van der Waals surface area contributed by atoms with Crippen molar-refractivity contribution in [3.05, 3.63) is 28.0 Å². The van der Waals surface area contributed by atoms with Crippen molar-refractivity contribution in [1.29, 1.82) is 0 Å². The molecule has 1 rings (SSSR count). The number of carbonyl (C=O) groups excluding carboxylic acids is 1. The first-order valence-electron chi connectivity index (χ1n) is 6.17. The van der Waals surface area contributed by atoms with Gasteiger partial charge in [-0.15, -0.1) is 11.3 Å². The normalized spacial score (nSPS) is 12.1. The fraction of sp³-hybridized carbons (Fsp3) is 0.429. The van der Waals surface area contributed by atoms with Gasteiger partial charge in [0.15, 0.2) is 0 Å². The fourth-order valence-corrected chi connectivity index (χ4v) is 2.05. The summed E-state index contributed by atoms with van der Waals surface area (Å²) in [5.41, 5.74) is 0.423. The van der Waals surface area contributed by atoms with E-state index in [0.717, 1.165) is 11.0 Å². The molecule has 6 heteroatoms. The molecule has 1 amide bonds. The standard InChI is InChI=1S/C14H20N2O3S/c1-14(2,16(3)4)9-15-13(19)10-7-11(20-8-10)5-6-12(17)18/h5-8H,9H2,1-4H3,(H,15,19)(H,17,18). The Balaban J connectivity index is 2.63. The SMILES string of the molecule is CN(C)C(C)(C)CNC(=O)c1csc(C=CC(=O)O)c1. The third kappa shape index (κ3) is 4.79. The highest BCUT2D eigenvalue weighted by Gasteiger charge is 2.21. The molecule has 1 aromatic rings. The van der Waals surface area contributed by atoms with E-state index in [0.29, 0.717) is 12.1 Å². The summed E-state index contributed by atoms with van der Waals surface area (Å²) in [6.45, 7) is 4.62. The first-order chi connectivity index (χ1) is 9.22. The van der Waals surface area contributed by atoms with Crippen molar-refractivity contribution in [2.75, 3.05) is 20.6 Å². The number of rotatable bonds is 6. The van der Waals surface area contributed by atoms with Crippen LogP contribution in [0.2, 0.25) is 0 Å². The Bertz CT molecular complexity index is 518. The van der Waals surface area contributed by atoms with Crippen molar-refractivity contribution in [3.8, 4) is 0 Å². The van der Waals surface area contributed by atoms with Gasteiger partial charge in [0.05, 0.1) is 5.56 Å². The second-order valence-electron chi connectivity index (χ2n) is 5.30. The van der Waals surface area contributed by atoms with Crippen molar-refractivity contribution in [3.63, 3.8) is 0 Å². The first-order valence-corrected chi connectivity index (χ1v) is 7.05. The molecule has 0 saturated heterocycles. The first kappa shape index (κ1) is 16.4. The molecule has 0 atom stereocenters. The van der Waals surface area contributed by atoms with Gasteiger partial charge < -0.3 is 15.3 Å². The van der Waals surface area contributed by atoms with Crippen LogP contribution >= 0.6 is 11.3 Å². The van der Waals surface area contributed by atoms with E-state index in [4.69, 9.17) is 5.11 Å². The lowest BCUT2D eigenvalue weighted by atomic mass is 10.0. The van der Waals surface area contributed by atoms with Crippen LogP contribution in [0, 0.1) is 0 Å². The molecule has 0 aliphatic carbocycles. The van der Waals surface area contributed by atoms with E-state index < -0.39 is 5.97 Å². The maximum Gasteiger partial charge on any atom is 0.328 e. The minimum atomic E-state index is -1.00. The summed E-state index contributed by atoms with van der Waals surface area (Å²) in [7, 11) is 3.93. The van der Waals surface area contributed by atoms with E-state index in [2.05, 4.69) is 5.32 Å². The zero-order valence-electron chi connectivity index (χ0n) is 12.1. The van der Waals surface area contributed by atoms with Crippen LogP contribution in [0.15, 0.2) is 17.5 Å². The number of thiophene rings is 1. The summed E-state index contributed by atoms with van der Waals surface area (Å²) < 4.78 is 0. The lowest BCUT2D eigenvalue weighted by molar-refractivity contribution is -0.131. The molecular weight excluding hydrogens is 276 g/mol. The summed E-state index contributed by atoms with van der Waals surface area (Å²) in [5.74, 6) is -1.15. The van der Waals surface area contributed by atoms with E-state index in [1.807, 2.05) is 32.8 Å². The van der Waals surface area contributed by atoms with Crippen LogP contribution in [-0.4, -0.2) is 48.1 Å². The van der Waals surface area contributed by atoms with Crippen molar-refractivity contribution in [1.82, 2.24) is 10.2 Å². The van der Waals surface area contributed by atoms with Gasteiger partial charge in [0, 0.05) is 28.4 Å². The second kappa shape index (κ2) is 6.67. The number of amides is 1. The quantitative estimate of drug-likeness (QED) is 0.787. The van der Waals surface area contributed by atoms with Gasteiger partial charge in [0.25, 0.3) is 5.91 Å². The van der Waals surface area contributed by atoms with Crippen LogP contribution in [0.5, 0.6) is 0 Å². The molecule has 0 bridgehead atoms. The molecule has 5 nitrogen and oxygen atoms in total. The summed E-state index contributed by atoms with van der Waals surface area (Å²) in [6, 6.07) is 1.68. The molecule has 0 radical (unpaired) electrons. The molecule has 0 fully saturated rings. The maximum atomic E-state index is 12.0. The highest BCUT2D eigenvalue weighted by atomic mass is 32.1. The fourth-order valence-electron chi connectivity index (χ4n) is 1.27. The summed E-state index contributed by atoms with van der Waals surface area (Å²) in [5, 5.41) is 13.2. The molecule has 1 aromatic heterocycles. The maximum absolute atomic E-state index is 12.0. The van der Waals surface area contributed by atoms with Crippen LogP contribution in [0.4, 0.5) is 0 Å². The predicted molar refractivity (Wildman–Crippen MR) is 81.1 cm³/mol. The third-order valence-electron chi connectivity index (χ3n) is 3.16. The highest BCUT2D eigenvalue weighted by Crippen LogP contribution is 2.16. The Morgan fingerprint density at radius 3 is 2.65 bits per heavy atom. The number of nitrogens with one attached hydrogen (secondary N) is 1. The molecular formula is C14H20N2O3S. The molecule has 0 aliphatic rings. The smallest absolute Gasteiger partial charge is 0.328 e. The highest BCUT2D eigenvalue weighted by molar-refractivity contribution is 7.11. The van der Waals surface area contributed by atoms with Gasteiger partial charge in [-0.25, -0.2) is 4.79 Å². The minimum Gasteiger partial charge on any atom is -0.478 e. The van der Waals surface area contributed by atoms with Crippen molar-refractivity contribution >= 4 is 29.3 Å². The Hall–Kier alpha value is -1.66. The zero-order valence-corrected chi connectivity index (χ0v) is 13.0. The Morgan fingerprint density at radius 2 is 2.10 bits per heavy atom. The van der Waals surface area contributed by atoms with Crippen LogP contribution in [0.3, 0.4) is 0 Å². The molecule has 20 heavy (non-hydrogen) atoms. The third-order valence-corrected chi connectivity index (χ3v) is 4.06. The van der Waals surface area contributed by atoms with Gasteiger partial charge in [-0.05, 0) is 40.1 Å². The van der Waals surface area contributed by atoms with Crippen molar-refractivity contribution < 1.29 is 14.7 Å². The van der Waals surface area contributed by atoms with E-state index in [1.54, 1.807) is 11.4 Å². The molecule has 110 valence electrons. The molecule has 0 saturated carbocycles. The topological polar surface area (TPSA) is 69.6 Å². The average Bonchev–Trinajstić information content (AvgIpc) is 2.82. The van der Waals surface area contributed by atoms with Crippen molar-refractivity contribution in [2.24, 2.45) is 0 Å². The van der Waals surface area contributed by atoms with Gasteiger partial charge in [-0.2, -0.15) is 0 Å². The zero-order chi connectivity index (χ0) is 15.3. The van der Waals surface area contributed by atoms with Gasteiger partial charge in [0.1, 0.15) is 0 Å². The number of carboxylic acids is 1. The predicted octanol–water partition coefficient (Wildman–Crippen LogP) is 1.92. The van der Waals surface area contributed by atoms with E-state index >= 15 is 0 Å². The monoisotopic (exact) mass is 296 g/mol. The van der Waals surface area contributed by atoms with E-state index in [-0.39, 0.29) is 11.4 Å². The summed E-state index contributed by atoms with van der Waals surface area (Å²) >= 11 is 1.34. The van der Waals surface area contributed by atoms with E-state index in [1.165, 1.54) is 17.4 Å². The molecule has 1 heterocycles. The summed E-state index contributed by atoms with van der Waals surface area (Å²) in [6.07, 6.45) is 2.54. The number of aliphatic carboxylic acids is 1. The van der Waals surface area contributed by atoms with E-state index in [9.17, 15) is 9.59 Å². The molecule has 0 spiro atoms. The van der Waals surface area contributed by atoms with Crippen LogP contribution in [0.1, 0.15) is 29.1 Å². The number of hydrogen-bond acceptors (Lipinski definition) is 4. The second-order valence-corrected chi connectivity index (χ2v) is 6.24. The average molecular weight is 296 g/mol. The van der Waals surface area contributed by atoms with Crippen LogP contribution in [-0.2, 0) is 4.79 Å². The number of carboxylic acid groups (broad SMARTS) is 1. The molecule has 0 unspecified atom stereocenters. The van der Waals surface area contributed by atoms with Gasteiger partial charge in [0.2, 0.25) is 0 Å². The molecule has 0 aliphatic heterocycles. The minimum absolute atomic E-state index is 0.127. The summed E-state index contributed by atoms with van der Waals surface area (Å²) in [4.78, 5) is 25.2. The van der Waals surface area contributed by atoms with Crippen LogP contribution < -0.4 is 5.32 Å².